The Morgan fingerprint density at radius 1 is 1.29 bits per heavy atom. The molecule has 2 fully saturated rings. The Hall–Kier alpha value is -0.240. The van der Waals surface area contributed by atoms with E-state index in [1.165, 1.54) is 0 Å². The molecule has 1 saturated heterocycles. The van der Waals surface area contributed by atoms with Gasteiger partial charge in [0, 0.05) is 6.61 Å². The van der Waals surface area contributed by atoms with Gasteiger partial charge in [-0.1, -0.05) is 13.3 Å². The molecule has 1 aliphatic carbocycles. The molecule has 0 amide bonds. The zero-order chi connectivity index (χ0) is 12.6. The van der Waals surface area contributed by atoms with E-state index in [1.54, 1.807) is 0 Å². The van der Waals surface area contributed by atoms with Crippen LogP contribution in [0.25, 0.3) is 0 Å². The minimum atomic E-state index is -1.66. The predicted molar refractivity (Wildman–Crippen MR) is 56.8 cm³/mol. The van der Waals surface area contributed by atoms with E-state index in [9.17, 15) is 15.3 Å². The Morgan fingerprint density at radius 3 is 2.59 bits per heavy atom. The lowest BCUT2D eigenvalue weighted by Crippen LogP contribution is -2.63. The lowest BCUT2D eigenvalue weighted by molar-refractivity contribution is -0.438. The van der Waals surface area contributed by atoms with E-state index >= 15 is 0 Å². The number of fused-ring (bicyclic) bond motifs is 1. The van der Waals surface area contributed by atoms with E-state index in [4.69, 9.17) is 14.6 Å². The Balaban J connectivity index is 1.98. The van der Waals surface area contributed by atoms with Crippen LogP contribution in [0.2, 0.25) is 0 Å². The average molecular weight is 248 g/mol. The summed E-state index contributed by atoms with van der Waals surface area (Å²) in [6.45, 7) is 2.07. The number of rotatable bonds is 5. The largest absolute Gasteiger partial charge is 0.396 e. The maximum atomic E-state index is 10.1. The van der Waals surface area contributed by atoms with E-state index < -0.39 is 42.7 Å². The number of unbranched alkanes of at least 4 members (excludes halogenated alkanes) is 1. The third-order valence-electron chi connectivity index (χ3n) is 3.71. The second-order valence-electron chi connectivity index (χ2n) is 4.76. The minimum absolute atomic E-state index is 0.438. The van der Waals surface area contributed by atoms with Crippen molar-refractivity contribution in [3.05, 3.63) is 0 Å². The van der Waals surface area contributed by atoms with Crippen molar-refractivity contribution in [3.63, 3.8) is 0 Å². The van der Waals surface area contributed by atoms with Gasteiger partial charge in [-0.25, -0.2) is 0 Å². The summed E-state index contributed by atoms with van der Waals surface area (Å²) in [5.74, 6) is -3.23. The molecule has 6 atom stereocenters. The summed E-state index contributed by atoms with van der Waals surface area (Å²) in [5.41, 5.74) is 0. The molecule has 0 aromatic heterocycles. The van der Waals surface area contributed by atoms with Gasteiger partial charge < -0.3 is 29.9 Å². The van der Waals surface area contributed by atoms with Gasteiger partial charge in [0.05, 0.1) is 30.7 Å². The van der Waals surface area contributed by atoms with Crippen LogP contribution in [0, 0.1) is 11.8 Å². The van der Waals surface area contributed by atoms with Crippen LogP contribution in [0.3, 0.4) is 0 Å². The highest BCUT2D eigenvalue weighted by Gasteiger charge is 2.71. The van der Waals surface area contributed by atoms with Crippen molar-refractivity contribution in [2.45, 2.75) is 44.1 Å². The topological polar surface area (TPSA) is 99.4 Å². The van der Waals surface area contributed by atoms with E-state index in [-0.39, 0.29) is 0 Å². The first-order chi connectivity index (χ1) is 8.06. The first-order valence-corrected chi connectivity index (χ1v) is 6.05. The first-order valence-electron chi connectivity index (χ1n) is 6.05. The van der Waals surface area contributed by atoms with Crippen molar-refractivity contribution < 1.29 is 29.9 Å². The number of hydrogen-bond acceptors (Lipinski definition) is 6. The van der Waals surface area contributed by atoms with Crippen LogP contribution in [0.1, 0.15) is 19.8 Å². The fraction of sp³-hybridized carbons (Fsp3) is 1.00. The van der Waals surface area contributed by atoms with Crippen LogP contribution in [-0.4, -0.2) is 57.9 Å². The molecule has 0 aromatic rings. The normalized spacial score (nSPS) is 48.9. The fourth-order valence-electron chi connectivity index (χ4n) is 2.62. The van der Waals surface area contributed by atoms with Gasteiger partial charge in [-0.05, 0) is 6.42 Å². The predicted octanol–water partition coefficient (Wildman–Crippen LogP) is -1.19. The molecular weight excluding hydrogens is 228 g/mol. The molecule has 0 aromatic carbocycles. The Bertz CT molecular complexity index is 273. The molecule has 4 N–H and O–H groups in total. The molecule has 6 unspecified atom stereocenters. The quantitative estimate of drug-likeness (QED) is 0.456. The van der Waals surface area contributed by atoms with Gasteiger partial charge in [0.15, 0.2) is 12.1 Å². The molecule has 6 heteroatoms. The molecular formula is C11H20O6. The third kappa shape index (κ3) is 1.89. The smallest absolute Gasteiger partial charge is 0.186 e. The van der Waals surface area contributed by atoms with Crippen LogP contribution in [-0.2, 0) is 9.47 Å². The SMILES string of the molecule is CCCCOC1OC2(O)C(CO)C(O)C(O)C12. The second-order valence-corrected chi connectivity index (χ2v) is 4.76. The molecule has 1 heterocycles. The number of aliphatic hydroxyl groups excluding tert-OH is 3. The van der Waals surface area contributed by atoms with Crippen LogP contribution < -0.4 is 0 Å². The van der Waals surface area contributed by atoms with Crippen molar-refractivity contribution in [2.75, 3.05) is 13.2 Å². The maximum absolute atomic E-state index is 10.1. The van der Waals surface area contributed by atoms with Crippen molar-refractivity contribution in [3.8, 4) is 0 Å². The molecule has 6 nitrogen and oxygen atoms in total. The molecule has 17 heavy (non-hydrogen) atoms. The van der Waals surface area contributed by atoms with Crippen LogP contribution in [0.15, 0.2) is 0 Å². The van der Waals surface area contributed by atoms with Gasteiger partial charge in [-0.15, -0.1) is 0 Å². The molecule has 1 saturated carbocycles. The van der Waals surface area contributed by atoms with Gasteiger partial charge in [0.25, 0.3) is 0 Å². The molecule has 100 valence electrons. The fourth-order valence-corrected chi connectivity index (χ4v) is 2.62. The standard InChI is InChI=1S/C11H20O6/c1-2-3-4-16-10-7-9(14)8(13)6(5-12)11(7,15)17-10/h6-10,12-15H,2-5H2,1H3. The molecule has 2 rings (SSSR count). The minimum Gasteiger partial charge on any atom is -0.396 e. The molecule has 0 bridgehead atoms. The third-order valence-corrected chi connectivity index (χ3v) is 3.71. The summed E-state index contributed by atoms with van der Waals surface area (Å²) in [4.78, 5) is 0. The highest BCUT2D eigenvalue weighted by Crippen LogP contribution is 2.52. The molecule has 0 radical (unpaired) electrons. The Morgan fingerprint density at radius 2 is 2.00 bits per heavy atom. The molecule has 0 spiro atoms. The summed E-state index contributed by atoms with van der Waals surface area (Å²) in [7, 11) is 0. The maximum Gasteiger partial charge on any atom is 0.186 e. The second kappa shape index (κ2) is 4.79. The van der Waals surface area contributed by atoms with Gasteiger partial charge in [-0.3, -0.25) is 0 Å². The summed E-state index contributed by atoms with van der Waals surface area (Å²) < 4.78 is 10.6. The van der Waals surface area contributed by atoms with Crippen molar-refractivity contribution in [1.29, 1.82) is 0 Å². The highest BCUT2D eigenvalue weighted by molar-refractivity contribution is 5.09. The van der Waals surface area contributed by atoms with E-state index in [2.05, 4.69) is 0 Å². The van der Waals surface area contributed by atoms with Crippen molar-refractivity contribution in [1.82, 2.24) is 0 Å². The zero-order valence-electron chi connectivity index (χ0n) is 9.82. The zero-order valence-corrected chi connectivity index (χ0v) is 9.82. The van der Waals surface area contributed by atoms with Gasteiger partial charge in [0.2, 0.25) is 0 Å². The summed E-state index contributed by atoms with van der Waals surface area (Å²) in [6.07, 6.45) is -1.17. The van der Waals surface area contributed by atoms with Gasteiger partial charge in [-0.2, -0.15) is 0 Å². The van der Waals surface area contributed by atoms with Crippen molar-refractivity contribution >= 4 is 0 Å². The van der Waals surface area contributed by atoms with Gasteiger partial charge >= 0.3 is 0 Å². The molecule has 2 aliphatic rings. The summed E-state index contributed by atoms with van der Waals surface area (Å²) in [5, 5.41) is 38.7. The number of aliphatic hydroxyl groups is 4. The van der Waals surface area contributed by atoms with Crippen LogP contribution in [0.5, 0.6) is 0 Å². The lowest BCUT2D eigenvalue weighted by Gasteiger charge is -2.49. The van der Waals surface area contributed by atoms with E-state index in [0.29, 0.717) is 6.61 Å². The van der Waals surface area contributed by atoms with Crippen molar-refractivity contribution in [2.24, 2.45) is 11.8 Å². The van der Waals surface area contributed by atoms with E-state index in [0.717, 1.165) is 12.8 Å². The lowest BCUT2D eigenvalue weighted by atomic mass is 9.89. The summed E-state index contributed by atoms with van der Waals surface area (Å²) >= 11 is 0. The Labute approximate surface area is 99.8 Å². The first kappa shape index (κ1) is 13.2. The monoisotopic (exact) mass is 248 g/mol. The Kier molecular flexibility index (Phi) is 3.72. The summed E-state index contributed by atoms with van der Waals surface area (Å²) in [6, 6.07) is 0. The van der Waals surface area contributed by atoms with Crippen LogP contribution in [0.4, 0.5) is 0 Å². The number of hydrogen-bond donors (Lipinski definition) is 4. The molecule has 1 aliphatic heterocycles. The number of ether oxygens (including phenoxy) is 2. The highest BCUT2D eigenvalue weighted by atomic mass is 16.8. The van der Waals surface area contributed by atoms with Crippen LogP contribution >= 0.6 is 0 Å². The van der Waals surface area contributed by atoms with E-state index in [1.807, 2.05) is 6.92 Å². The van der Waals surface area contributed by atoms with Gasteiger partial charge in [0.1, 0.15) is 0 Å². The average Bonchev–Trinajstić information content (AvgIpc) is 2.41.